The fourth-order valence-corrected chi connectivity index (χ4v) is 4.03. The van der Waals surface area contributed by atoms with Gasteiger partial charge in [-0.2, -0.15) is 5.10 Å². The Kier molecular flexibility index (Phi) is 4.09. The molecule has 1 aromatic carbocycles. The smallest absolute Gasteiger partial charge is 0.254 e. The number of aliphatic hydroxyl groups is 1. The van der Waals surface area contributed by atoms with E-state index >= 15 is 0 Å². The number of aromatic nitrogens is 2. The number of rotatable bonds is 3. The van der Waals surface area contributed by atoms with Crippen LogP contribution in [-0.2, 0) is 4.74 Å². The average Bonchev–Trinajstić information content (AvgIpc) is 3.12. The molecule has 1 saturated heterocycles. The molecular formula is C19H23N3O3. The predicted octanol–water partition coefficient (Wildman–Crippen LogP) is 1.84. The molecule has 2 aliphatic rings. The summed E-state index contributed by atoms with van der Waals surface area (Å²) in [4.78, 5) is 12.6. The van der Waals surface area contributed by atoms with Crippen molar-refractivity contribution < 1.29 is 14.6 Å². The van der Waals surface area contributed by atoms with Crippen LogP contribution in [0.2, 0.25) is 0 Å². The molecular weight excluding hydrogens is 318 g/mol. The summed E-state index contributed by atoms with van der Waals surface area (Å²) >= 11 is 0. The number of aryl methyl sites for hydroxylation is 1. The molecule has 2 N–H and O–H groups in total. The first-order valence-electron chi connectivity index (χ1n) is 8.77. The largest absolute Gasteiger partial charge is 0.392 e. The van der Waals surface area contributed by atoms with Crippen molar-refractivity contribution in [3.63, 3.8) is 0 Å². The van der Waals surface area contributed by atoms with E-state index in [0.29, 0.717) is 25.2 Å². The first kappa shape index (κ1) is 16.3. The van der Waals surface area contributed by atoms with Crippen LogP contribution in [-0.4, -0.2) is 46.2 Å². The second kappa shape index (κ2) is 6.28. The molecule has 0 bridgehead atoms. The molecule has 1 aliphatic heterocycles. The van der Waals surface area contributed by atoms with Crippen molar-refractivity contribution in [2.45, 2.75) is 38.3 Å². The summed E-state index contributed by atoms with van der Waals surface area (Å²) < 4.78 is 7.14. The minimum Gasteiger partial charge on any atom is -0.392 e. The lowest BCUT2D eigenvalue weighted by atomic mass is 9.58. The molecule has 2 atom stereocenters. The van der Waals surface area contributed by atoms with Crippen LogP contribution in [0.3, 0.4) is 0 Å². The van der Waals surface area contributed by atoms with E-state index in [-0.39, 0.29) is 23.5 Å². The van der Waals surface area contributed by atoms with Crippen LogP contribution in [0.1, 0.15) is 35.2 Å². The quantitative estimate of drug-likeness (QED) is 0.893. The predicted molar refractivity (Wildman–Crippen MR) is 92.7 cm³/mol. The highest BCUT2D eigenvalue weighted by Crippen LogP contribution is 2.49. The van der Waals surface area contributed by atoms with E-state index in [1.807, 2.05) is 31.2 Å². The molecule has 2 heterocycles. The molecule has 25 heavy (non-hydrogen) atoms. The fraction of sp³-hybridized carbons (Fsp3) is 0.474. The summed E-state index contributed by atoms with van der Waals surface area (Å²) in [6.45, 7) is 3.31. The minimum atomic E-state index is -0.351. The summed E-state index contributed by atoms with van der Waals surface area (Å²) in [5, 5.41) is 17.7. The van der Waals surface area contributed by atoms with Crippen LogP contribution in [0.25, 0.3) is 5.69 Å². The number of ether oxygens (including phenoxy) is 1. The lowest BCUT2D eigenvalue weighted by molar-refractivity contribution is -0.145. The average molecular weight is 341 g/mol. The Morgan fingerprint density at radius 2 is 2.12 bits per heavy atom. The highest BCUT2D eigenvalue weighted by atomic mass is 16.5. The Labute approximate surface area is 146 Å². The van der Waals surface area contributed by atoms with E-state index in [9.17, 15) is 9.90 Å². The highest BCUT2D eigenvalue weighted by molar-refractivity contribution is 5.94. The van der Waals surface area contributed by atoms with Gasteiger partial charge in [-0.3, -0.25) is 4.79 Å². The molecule has 132 valence electrons. The zero-order valence-electron chi connectivity index (χ0n) is 14.3. The van der Waals surface area contributed by atoms with Gasteiger partial charge < -0.3 is 15.2 Å². The standard InChI is InChI=1S/C19H23N3O3/c1-13-4-2-3-5-15(13)22-12-14(11-20-22)18(24)21-16-10-17(23)19(16)6-8-25-9-7-19/h2-5,11-12,16-17,23H,6-10H2,1H3,(H,21,24)/t16-,17-/m1/s1. The van der Waals surface area contributed by atoms with Gasteiger partial charge in [0.05, 0.1) is 23.6 Å². The lowest BCUT2D eigenvalue weighted by Gasteiger charge is -2.55. The van der Waals surface area contributed by atoms with Gasteiger partial charge in [0.15, 0.2) is 0 Å². The molecule has 0 radical (unpaired) electrons. The third-order valence-electron chi connectivity index (χ3n) is 5.75. The van der Waals surface area contributed by atoms with Crippen molar-refractivity contribution in [3.8, 4) is 5.69 Å². The molecule has 6 nitrogen and oxygen atoms in total. The van der Waals surface area contributed by atoms with Crippen molar-refractivity contribution in [1.29, 1.82) is 0 Å². The summed E-state index contributed by atoms with van der Waals surface area (Å²) in [6, 6.07) is 7.92. The van der Waals surface area contributed by atoms with E-state index in [2.05, 4.69) is 10.4 Å². The molecule has 2 fully saturated rings. The van der Waals surface area contributed by atoms with Crippen molar-refractivity contribution in [3.05, 3.63) is 47.8 Å². The van der Waals surface area contributed by atoms with Crippen LogP contribution in [0, 0.1) is 12.3 Å². The number of nitrogens with zero attached hydrogens (tertiary/aromatic N) is 2. The van der Waals surface area contributed by atoms with E-state index in [1.165, 1.54) is 0 Å². The van der Waals surface area contributed by atoms with Gasteiger partial charge in [-0.15, -0.1) is 0 Å². The van der Waals surface area contributed by atoms with Gasteiger partial charge in [0.25, 0.3) is 5.91 Å². The van der Waals surface area contributed by atoms with Crippen LogP contribution < -0.4 is 5.32 Å². The zero-order chi connectivity index (χ0) is 17.4. The second-order valence-electron chi connectivity index (χ2n) is 7.08. The summed E-state index contributed by atoms with van der Waals surface area (Å²) in [5.41, 5.74) is 2.37. The van der Waals surface area contributed by atoms with E-state index in [4.69, 9.17) is 4.74 Å². The number of para-hydroxylation sites is 1. The Morgan fingerprint density at radius 3 is 2.84 bits per heavy atom. The third kappa shape index (κ3) is 2.75. The van der Waals surface area contributed by atoms with E-state index < -0.39 is 0 Å². The number of hydrogen-bond donors (Lipinski definition) is 2. The van der Waals surface area contributed by atoms with Gasteiger partial charge >= 0.3 is 0 Å². The monoisotopic (exact) mass is 341 g/mol. The first-order chi connectivity index (χ1) is 12.1. The topological polar surface area (TPSA) is 76.4 Å². The Morgan fingerprint density at radius 1 is 1.36 bits per heavy atom. The first-order valence-corrected chi connectivity index (χ1v) is 8.77. The number of hydrogen-bond acceptors (Lipinski definition) is 4. The second-order valence-corrected chi connectivity index (χ2v) is 7.08. The van der Waals surface area contributed by atoms with Gasteiger partial charge in [-0.1, -0.05) is 18.2 Å². The van der Waals surface area contributed by atoms with Crippen molar-refractivity contribution >= 4 is 5.91 Å². The lowest BCUT2D eigenvalue weighted by Crippen LogP contribution is -2.65. The molecule has 0 unspecified atom stereocenters. The maximum Gasteiger partial charge on any atom is 0.254 e. The maximum atomic E-state index is 12.6. The van der Waals surface area contributed by atoms with E-state index in [0.717, 1.165) is 24.1 Å². The molecule has 1 aromatic heterocycles. The molecule has 1 aliphatic carbocycles. The summed E-state index contributed by atoms with van der Waals surface area (Å²) in [7, 11) is 0. The summed E-state index contributed by atoms with van der Waals surface area (Å²) in [6.07, 6.45) is 5.19. The van der Waals surface area contributed by atoms with Gasteiger partial charge in [0, 0.05) is 30.9 Å². The van der Waals surface area contributed by atoms with Gasteiger partial charge in [-0.25, -0.2) is 4.68 Å². The Bertz CT molecular complexity index is 780. The molecule has 1 spiro atoms. The van der Waals surface area contributed by atoms with Gasteiger partial charge in [-0.05, 0) is 37.8 Å². The molecule has 4 rings (SSSR count). The molecule has 1 amide bonds. The fourth-order valence-electron chi connectivity index (χ4n) is 4.03. The van der Waals surface area contributed by atoms with Crippen molar-refractivity contribution in [2.75, 3.05) is 13.2 Å². The summed E-state index contributed by atoms with van der Waals surface area (Å²) in [5.74, 6) is -0.136. The number of amides is 1. The molecule has 6 heteroatoms. The van der Waals surface area contributed by atoms with Crippen molar-refractivity contribution in [2.24, 2.45) is 5.41 Å². The number of nitrogens with one attached hydrogen (secondary N) is 1. The zero-order valence-corrected chi connectivity index (χ0v) is 14.3. The van der Waals surface area contributed by atoms with Crippen LogP contribution in [0.5, 0.6) is 0 Å². The van der Waals surface area contributed by atoms with Gasteiger partial charge in [0.1, 0.15) is 0 Å². The van der Waals surface area contributed by atoms with Gasteiger partial charge in [0.2, 0.25) is 0 Å². The Balaban J connectivity index is 1.48. The Hall–Kier alpha value is -2.18. The highest BCUT2D eigenvalue weighted by Gasteiger charge is 2.55. The van der Waals surface area contributed by atoms with E-state index in [1.54, 1.807) is 17.1 Å². The molecule has 1 saturated carbocycles. The van der Waals surface area contributed by atoms with Crippen molar-refractivity contribution in [1.82, 2.24) is 15.1 Å². The van der Waals surface area contributed by atoms with Crippen LogP contribution in [0.4, 0.5) is 0 Å². The minimum absolute atomic E-state index is 0.000659. The number of aliphatic hydroxyl groups excluding tert-OH is 1. The number of carbonyl (C=O) groups excluding carboxylic acids is 1. The third-order valence-corrected chi connectivity index (χ3v) is 5.75. The molecule has 2 aromatic rings. The normalized spacial score (nSPS) is 24.7. The SMILES string of the molecule is Cc1ccccc1-n1cc(C(=O)N[C@@H]2C[C@@H](O)C23CCOCC3)cn1. The number of carbonyl (C=O) groups is 1. The number of benzene rings is 1. The van der Waals surface area contributed by atoms with Crippen LogP contribution >= 0.6 is 0 Å². The van der Waals surface area contributed by atoms with Crippen LogP contribution in [0.15, 0.2) is 36.7 Å². The maximum absolute atomic E-state index is 12.6.